The second kappa shape index (κ2) is 5.29. The molecule has 2 heterocycles. The molecule has 0 radical (unpaired) electrons. The molecule has 2 fully saturated rings. The Bertz CT molecular complexity index is 476. The van der Waals surface area contributed by atoms with Crippen LogP contribution in [0, 0.1) is 5.92 Å². The first-order chi connectivity index (χ1) is 9.72. The predicted molar refractivity (Wildman–Crippen MR) is 73.3 cm³/mol. The molecule has 0 aromatic carbocycles. The molecular formula is C14H22N2O5. The number of carboxylic acids is 1. The Morgan fingerprint density at radius 2 is 1.90 bits per heavy atom. The van der Waals surface area contributed by atoms with Crippen molar-refractivity contribution in [1.29, 1.82) is 0 Å². The Kier molecular flexibility index (Phi) is 3.97. The van der Waals surface area contributed by atoms with Gasteiger partial charge in [-0.1, -0.05) is 13.8 Å². The van der Waals surface area contributed by atoms with E-state index in [2.05, 4.69) is 0 Å². The van der Waals surface area contributed by atoms with Crippen LogP contribution in [0.4, 0.5) is 0 Å². The summed E-state index contributed by atoms with van der Waals surface area (Å²) in [4.78, 5) is 38.7. The summed E-state index contributed by atoms with van der Waals surface area (Å²) in [6, 6.07) is -1.25. The number of carboxylic acid groups (broad SMARTS) is 1. The third-order valence-corrected chi connectivity index (χ3v) is 4.39. The molecule has 2 aliphatic rings. The van der Waals surface area contributed by atoms with Gasteiger partial charge in [-0.15, -0.1) is 0 Å². The number of aliphatic hydroxyl groups is 1. The first-order valence-corrected chi connectivity index (χ1v) is 7.26. The van der Waals surface area contributed by atoms with Crippen LogP contribution in [0.3, 0.4) is 0 Å². The van der Waals surface area contributed by atoms with Crippen LogP contribution in [0.5, 0.6) is 0 Å². The number of nitrogens with zero attached hydrogens (tertiary/aromatic N) is 2. The summed E-state index contributed by atoms with van der Waals surface area (Å²) in [6.07, 6.45) is 0.150. The molecule has 21 heavy (non-hydrogen) atoms. The number of carbonyl (C=O) groups is 3. The molecule has 0 unspecified atom stereocenters. The van der Waals surface area contributed by atoms with E-state index < -0.39 is 23.7 Å². The lowest BCUT2D eigenvalue weighted by molar-refractivity contribution is -0.181. The van der Waals surface area contributed by atoms with Crippen LogP contribution >= 0.6 is 0 Å². The predicted octanol–water partition coefficient (Wildman–Crippen LogP) is -0.320. The maximum Gasteiger partial charge on any atom is 0.329 e. The van der Waals surface area contributed by atoms with Crippen molar-refractivity contribution >= 4 is 17.8 Å². The van der Waals surface area contributed by atoms with Crippen LogP contribution in [-0.4, -0.2) is 68.6 Å². The number of aliphatic hydroxyl groups excluding tert-OH is 1. The highest BCUT2D eigenvalue weighted by Crippen LogP contribution is 2.41. The topological polar surface area (TPSA) is 98.2 Å². The van der Waals surface area contributed by atoms with E-state index in [1.165, 1.54) is 11.8 Å². The van der Waals surface area contributed by atoms with Crippen LogP contribution in [0.15, 0.2) is 0 Å². The molecule has 0 aliphatic carbocycles. The van der Waals surface area contributed by atoms with Crippen LogP contribution in [0.25, 0.3) is 0 Å². The minimum atomic E-state index is -1.25. The minimum absolute atomic E-state index is 0.0792. The van der Waals surface area contributed by atoms with Crippen LogP contribution in [-0.2, 0) is 14.4 Å². The second-order valence-corrected chi connectivity index (χ2v) is 6.24. The highest BCUT2D eigenvalue weighted by atomic mass is 16.4. The quantitative estimate of drug-likeness (QED) is 0.693. The fourth-order valence-electron chi connectivity index (χ4n) is 3.32. The molecule has 2 amide bonds. The molecule has 2 aliphatic heterocycles. The third-order valence-electron chi connectivity index (χ3n) is 4.39. The largest absolute Gasteiger partial charge is 0.480 e. The van der Waals surface area contributed by atoms with Gasteiger partial charge in [0.25, 0.3) is 5.91 Å². The Morgan fingerprint density at radius 3 is 2.33 bits per heavy atom. The van der Waals surface area contributed by atoms with Gasteiger partial charge in [0.2, 0.25) is 5.91 Å². The summed E-state index contributed by atoms with van der Waals surface area (Å²) in [5.74, 6) is -1.87. The van der Waals surface area contributed by atoms with E-state index in [0.717, 1.165) is 6.42 Å². The average molecular weight is 298 g/mol. The fraction of sp³-hybridized carbons (Fsp3) is 0.786. The zero-order valence-electron chi connectivity index (χ0n) is 12.6. The summed E-state index contributed by atoms with van der Waals surface area (Å²) in [5.41, 5.74) is -0.885. The molecule has 2 N–H and O–H groups in total. The zero-order chi connectivity index (χ0) is 15.9. The Hall–Kier alpha value is -1.63. The van der Waals surface area contributed by atoms with Crippen LogP contribution in [0.2, 0.25) is 0 Å². The Balaban J connectivity index is 2.20. The SMILES string of the molecule is CC(C)C(=O)N1CCC[C@]12CN([C@H](C(=O)O)[C@@H](C)O)C2=O. The van der Waals surface area contributed by atoms with Gasteiger partial charge in [0.15, 0.2) is 6.04 Å². The second-order valence-electron chi connectivity index (χ2n) is 6.24. The molecular weight excluding hydrogens is 276 g/mol. The minimum Gasteiger partial charge on any atom is -0.480 e. The van der Waals surface area contributed by atoms with Crippen molar-refractivity contribution in [2.45, 2.75) is 51.3 Å². The number of amides is 2. The summed E-state index contributed by atoms with van der Waals surface area (Å²) < 4.78 is 0. The van der Waals surface area contributed by atoms with Gasteiger partial charge in [0.1, 0.15) is 5.54 Å². The molecule has 0 aromatic rings. The molecule has 7 nitrogen and oxygen atoms in total. The van der Waals surface area contributed by atoms with Crippen molar-refractivity contribution in [3.63, 3.8) is 0 Å². The number of rotatable bonds is 4. The lowest BCUT2D eigenvalue weighted by Crippen LogP contribution is -2.76. The molecule has 7 heteroatoms. The number of carbonyl (C=O) groups excluding carboxylic acids is 2. The van der Waals surface area contributed by atoms with Gasteiger partial charge >= 0.3 is 5.97 Å². The summed E-state index contributed by atoms with van der Waals surface area (Å²) in [7, 11) is 0. The lowest BCUT2D eigenvalue weighted by Gasteiger charge is -2.53. The fourth-order valence-corrected chi connectivity index (χ4v) is 3.32. The standard InChI is InChI=1S/C14H22N2O5/c1-8(2)11(18)16-6-4-5-14(16)7-15(13(14)21)10(9(3)17)12(19)20/h8-10,17H,4-7H2,1-3H3,(H,19,20)/t9-,10+,14-/m1/s1. The lowest BCUT2D eigenvalue weighted by atomic mass is 9.83. The number of aliphatic carboxylic acids is 1. The molecule has 2 saturated heterocycles. The molecule has 2 rings (SSSR count). The zero-order valence-corrected chi connectivity index (χ0v) is 12.6. The van der Waals surface area contributed by atoms with Crippen molar-refractivity contribution in [3.8, 4) is 0 Å². The highest BCUT2D eigenvalue weighted by molar-refractivity contribution is 5.99. The Morgan fingerprint density at radius 1 is 1.29 bits per heavy atom. The van der Waals surface area contributed by atoms with E-state index in [4.69, 9.17) is 5.11 Å². The molecule has 3 atom stereocenters. The average Bonchev–Trinajstić information content (AvgIpc) is 2.82. The number of hydrogen-bond acceptors (Lipinski definition) is 4. The first-order valence-electron chi connectivity index (χ1n) is 7.26. The molecule has 118 valence electrons. The van der Waals surface area contributed by atoms with Gasteiger partial charge in [-0.2, -0.15) is 0 Å². The van der Waals surface area contributed by atoms with Gasteiger partial charge in [-0.05, 0) is 19.8 Å². The van der Waals surface area contributed by atoms with E-state index in [1.807, 2.05) is 0 Å². The summed E-state index contributed by atoms with van der Waals surface area (Å²) >= 11 is 0. The van der Waals surface area contributed by atoms with Crippen molar-refractivity contribution in [1.82, 2.24) is 9.80 Å². The first kappa shape index (κ1) is 15.8. The van der Waals surface area contributed by atoms with E-state index in [9.17, 15) is 19.5 Å². The Labute approximate surface area is 123 Å². The summed E-state index contributed by atoms with van der Waals surface area (Å²) in [6.45, 7) is 5.63. The highest BCUT2D eigenvalue weighted by Gasteiger charge is 2.62. The van der Waals surface area contributed by atoms with E-state index in [-0.39, 0.29) is 24.3 Å². The molecule has 0 aromatic heterocycles. The molecule has 0 saturated carbocycles. The van der Waals surface area contributed by atoms with E-state index in [1.54, 1.807) is 18.7 Å². The summed E-state index contributed by atoms with van der Waals surface area (Å²) in [5, 5.41) is 18.7. The number of hydrogen-bond donors (Lipinski definition) is 2. The van der Waals surface area contributed by atoms with Crippen molar-refractivity contribution in [2.24, 2.45) is 5.92 Å². The van der Waals surface area contributed by atoms with E-state index in [0.29, 0.717) is 13.0 Å². The molecule has 1 spiro atoms. The van der Waals surface area contributed by atoms with Crippen molar-refractivity contribution in [2.75, 3.05) is 13.1 Å². The van der Waals surface area contributed by atoms with Gasteiger partial charge in [0, 0.05) is 12.5 Å². The van der Waals surface area contributed by atoms with Gasteiger partial charge in [0.05, 0.1) is 12.6 Å². The van der Waals surface area contributed by atoms with Crippen LogP contribution < -0.4 is 0 Å². The van der Waals surface area contributed by atoms with Gasteiger partial charge in [-0.3, -0.25) is 9.59 Å². The van der Waals surface area contributed by atoms with Gasteiger partial charge in [-0.25, -0.2) is 4.79 Å². The maximum absolute atomic E-state index is 12.5. The molecule has 0 bridgehead atoms. The third kappa shape index (κ3) is 2.29. The monoisotopic (exact) mass is 298 g/mol. The van der Waals surface area contributed by atoms with Crippen molar-refractivity contribution < 1.29 is 24.6 Å². The van der Waals surface area contributed by atoms with E-state index >= 15 is 0 Å². The van der Waals surface area contributed by atoms with Crippen molar-refractivity contribution in [3.05, 3.63) is 0 Å². The number of likely N-dealkylation sites (tertiary alicyclic amines) is 2. The maximum atomic E-state index is 12.5. The van der Waals surface area contributed by atoms with Crippen LogP contribution in [0.1, 0.15) is 33.6 Å². The normalized spacial score (nSPS) is 28.0. The smallest absolute Gasteiger partial charge is 0.329 e. The van der Waals surface area contributed by atoms with Gasteiger partial charge < -0.3 is 20.0 Å². The number of β-lactam (4-membered cyclic amide) rings is 1.